The lowest BCUT2D eigenvalue weighted by atomic mass is 9.35. The minimum Gasteiger partial charge on any atom is -0.390 e. The van der Waals surface area contributed by atoms with Gasteiger partial charge in [0, 0.05) is 11.8 Å². The predicted molar refractivity (Wildman–Crippen MR) is 133 cm³/mol. The second-order valence-corrected chi connectivity index (χ2v) is 14.1. The molecule has 2 nitrogen and oxygen atoms in total. The molecule has 0 aromatic rings. The summed E-state index contributed by atoms with van der Waals surface area (Å²) >= 11 is 0. The van der Waals surface area contributed by atoms with Crippen LogP contribution in [-0.4, -0.2) is 16.5 Å². The van der Waals surface area contributed by atoms with Crippen molar-refractivity contribution in [1.82, 2.24) is 0 Å². The first-order chi connectivity index (χ1) is 14.7. The molecule has 0 bridgehead atoms. The van der Waals surface area contributed by atoms with Gasteiger partial charge in [-0.15, -0.1) is 0 Å². The summed E-state index contributed by atoms with van der Waals surface area (Å²) in [6, 6.07) is 0. The summed E-state index contributed by atoms with van der Waals surface area (Å²) in [7, 11) is 0. The Balaban J connectivity index is 1.62. The van der Waals surface area contributed by atoms with Crippen molar-refractivity contribution in [3.05, 3.63) is 11.6 Å². The van der Waals surface area contributed by atoms with Crippen LogP contribution in [0, 0.1) is 45.3 Å². The van der Waals surface area contributed by atoms with Crippen LogP contribution >= 0.6 is 0 Å². The van der Waals surface area contributed by atoms with Gasteiger partial charge in [0.05, 0.1) is 5.60 Å². The highest BCUT2D eigenvalue weighted by molar-refractivity contribution is 5.85. The van der Waals surface area contributed by atoms with Gasteiger partial charge in [-0.05, 0) is 118 Å². The van der Waals surface area contributed by atoms with Crippen LogP contribution < -0.4 is 0 Å². The van der Waals surface area contributed by atoms with E-state index in [1.54, 1.807) is 0 Å². The van der Waals surface area contributed by atoms with E-state index in [4.69, 9.17) is 0 Å². The highest BCUT2D eigenvalue weighted by atomic mass is 16.3. The zero-order valence-electron chi connectivity index (χ0n) is 22.3. The van der Waals surface area contributed by atoms with E-state index in [-0.39, 0.29) is 10.8 Å². The Morgan fingerprint density at radius 2 is 1.62 bits per heavy atom. The maximum absolute atomic E-state index is 12.8. The van der Waals surface area contributed by atoms with E-state index in [0.717, 1.165) is 25.7 Å². The molecule has 0 radical (unpaired) electrons. The van der Waals surface area contributed by atoms with Crippen LogP contribution in [0.5, 0.6) is 0 Å². The van der Waals surface area contributed by atoms with E-state index in [1.807, 2.05) is 0 Å². The molecule has 0 amide bonds. The van der Waals surface area contributed by atoms with Gasteiger partial charge < -0.3 is 5.11 Å². The van der Waals surface area contributed by atoms with Crippen molar-refractivity contribution in [2.45, 2.75) is 125 Å². The highest BCUT2D eigenvalue weighted by Gasteiger charge is 2.69. The molecule has 0 aromatic heterocycles. The first-order valence-corrected chi connectivity index (χ1v) is 13.6. The Bertz CT molecular complexity index is 787. The number of ketones is 1. The van der Waals surface area contributed by atoms with Gasteiger partial charge in [-0.3, -0.25) is 4.79 Å². The Morgan fingerprint density at radius 1 is 0.969 bits per heavy atom. The van der Waals surface area contributed by atoms with Crippen LogP contribution in [0.2, 0.25) is 0 Å². The second-order valence-electron chi connectivity index (χ2n) is 14.1. The van der Waals surface area contributed by atoms with Crippen molar-refractivity contribution in [3.8, 4) is 0 Å². The van der Waals surface area contributed by atoms with E-state index in [1.165, 1.54) is 44.1 Å². The standard InChI is InChI=1S/C30H50O2/c1-20(2)10-9-16-30(8,32)22-13-18-28(6)21(22)11-12-24-27(5)17-15-25(31)26(3,4)23(27)14-19-29(24,28)7/h10,21-24,32H,9,11-19H2,1-8H3/t21?,22?,23?,24?,27-,28+,29+,30?/m0/s1. The molecular weight excluding hydrogens is 392 g/mol. The normalized spacial score (nSPS) is 47.1. The third-order valence-corrected chi connectivity index (χ3v) is 12.1. The van der Waals surface area contributed by atoms with E-state index in [2.05, 4.69) is 61.5 Å². The van der Waals surface area contributed by atoms with Crippen LogP contribution in [0.1, 0.15) is 120 Å². The quantitative estimate of drug-likeness (QED) is 0.452. The number of carbonyl (C=O) groups is 1. The molecule has 5 unspecified atom stereocenters. The molecule has 0 saturated heterocycles. The number of rotatable bonds is 4. The summed E-state index contributed by atoms with van der Waals surface area (Å²) < 4.78 is 0. The van der Waals surface area contributed by atoms with Crippen molar-refractivity contribution in [3.63, 3.8) is 0 Å². The second kappa shape index (κ2) is 7.69. The Hall–Kier alpha value is -0.630. The van der Waals surface area contributed by atoms with E-state index >= 15 is 0 Å². The third-order valence-electron chi connectivity index (χ3n) is 12.1. The average molecular weight is 443 g/mol. The van der Waals surface area contributed by atoms with Gasteiger partial charge in [0.25, 0.3) is 0 Å². The molecule has 8 atom stereocenters. The van der Waals surface area contributed by atoms with Crippen LogP contribution in [0.4, 0.5) is 0 Å². The maximum atomic E-state index is 12.8. The summed E-state index contributed by atoms with van der Waals surface area (Å²) in [4.78, 5) is 12.8. The molecule has 4 aliphatic carbocycles. The number of Topliss-reactive ketones (excluding diaryl/α,β-unsaturated/α-hetero) is 1. The fraction of sp³-hybridized carbons (Fsp3) is 0.900. The lowest BCUT2D eigenvalue weighted by Crippen LogP contribution is -2.63. The van der Waals surface area contributed by atoms with Crippen LogP contribution in [-0.2, 0) is 4.79 Å². The molecule has 4 fully saturated rings. The third kappa shape index (κ3) is 3.32. The van der Waals surface area contributed by atoms with E-state index in [9.17, 15) is 9.90 Å². The van der Waals surface area contributed by atoms with Gasteiger partial charge in [0.1, 0.15) is 5.78 Å². The first-order valence-electron chi connectivity index (χ1n) is 13.6. The minimum absolute atomic E-state index is 0.168. The maximum Gasteiger partial charge on any atom is 0.138 e. The molecule has 0 spiro atoms. The molecule has 4 rings (SSSR count). The van der Waals surface area contributed by atoms with E-state index < -0.39 is 5.60 Å². The summed E-state index contributed by atoms with van der Waals surface area (Å²) in [6.45, 7) is 18.7. The monoisotopic (exact) mass is 442 g/mol. The highest BCUT2D eigenvalue weighted by Crippen LogP contribution is 2.75. The topological polar surface area (TPSA) is 37.3 Å². The molecule has 4 saturated carbocycles. The van der Waals surface area contributed by atoms with Crippen molar-refractivity contribution in [1.29, 1.82) is 0 Å². The average Bonchev–Trinajstić information content (AvgIpc) is 3.04. The number of fused-ring (bicyclic) bond motifs is 5. The van der Waals surface area contributed by atoms with E-state index in [0.29, 0.717) is 40.3 Å². The number of allylic oxidation sites excluding steroid dienone is 2. The molecule has 0 aromatic carbocycles. The number of hydrogen-bond donors (Lipinski definition) is 1. The molecule has 0 aliphatic heterocycles. The van der Waals surface area contributed by atoms with Gasteiger partial charge >= 0.3 is 0 Å². The summed E-state index contributed by atoms with van der Waals surface area (Å²) in [5.41, 5.74) is 1.52. The Morgan fingerprint density at radius 3 is 2.28 bits per heavy atom. The lowest BCUT2D eigenvalue weighted by Gasteiger charge is -2.69. The molecule has 1 N–H and O–H groups in total. The van der Waals surface area contributed by atoms with Crippen molar-refractivity contribution in [2.24, 2.45) is 45.3 Å². The summed E-state index contributed by atoms with van der Waals surface area (Å²) in [6.07, 6.45) is 13.5. The van der Waals surface area contributed by atoms with Gasteiger partial charge in [-0.25, -0.2) is 0 Å². The number of aliphatic hydroxyl groups is 1. The molecular formula is C30H50O2. The van der Waals surface area contributed by atoms with Gasteiger partial charge in [0.2, 0.25) is 0 Å². The summed E-state index contributed by atoms with van der Waals surface area (Å²) in [5.74, 6) is 2.78. The largest absolute Gasteiger partial charge is 0.390 e. The molecule has 32 heavy (non-hydrogen) atoms. The van der Waals surface area contributed by atoms with Crippen LogP contribution in [0.15, 0.2) is 11.6 Å². The molecule has 4 aliphatic rings. The number of hydrogen-bond acceptors (Lipinski definition) is 2. The van der Waals surface area contributed by atoms with Crippen molar-refractivity contribution < 1.29 is 9.90 Å². The summed E-state index contributed by atoms with van der Waals surface area (Å²) in [5, 5.41) is 11.6. The van der Waals surface area contributed by atoms with Crippen LogP contribution in [0.3, 0.4) is 0 Å². The number of carbonyl (C=O) groups excluding carboxylic acids is 1. The smallest absolute Gasteiger partial charge is 0.138 e. The van der Waals surface area contributed by atoms with Crippen molar-refractivity contribution >= 4 is 5.78 Å². The fourth-order valence-corrected chi connectivity index (χ4v) is 10.1. The minimum atomic E-state index is -0.572. The SMILES string of the molecule is CC(C)=CCCC(C)(O)C1CC[C@]2(C)C1CCC1[C@@]3(C)CCC(=O)C(C)(C)C3CC[C@]12C. The van der Waals surface area contributed by atoms with Gasteiger partial charge in [-0.1, -0.05) is 46.3 Å². The molecule has 2 heteroatoms. The Kier molecular flexibility index (Phi) is 5.89. The zero-order chi connectivity index (χ0) is 23.7. The zero-order valence-corrected chi connectivity index (χ0v) is 22.3. The predicted octanol–water partition coefficient (Wildman–Crippen LogP) is 7.74. The van der Waals surface area contributed by atoms with Gasteiger partial charge in [-0.2, -0.15) is 0 Å². The first kappa shape index (κ1) is 24.5. The Labute approximate surface area is 198 Å². The van der Waals surface area contributed by atoms with Gasteiger partial charge in [0.15, 0.2) is 0 Å². The fourth-order valence-electron chi connectivity index (χ4n) is 10.1. The molecule has 182 valence electrons. The van der Waals surface area contributed by atoms with Crippen LogP contribution in [0.25, 0.3) is 0 Å². The van der Waals surface area contributed by atoms with Crippen molar-refractivity contribution in [2.75, 3.05) is 0 Å². The lowest BCUT2D eigenvalue weighted by molar-refractivity contribution is -0.207. The molecule has 0 heterocycles.